The molecule has 15 heteroatoms. The number of hydrogen-bond donors (Lipinski definition) is 7. The molecule has 0 spiro atoms. The summed E-state index contributed by atoms with van der Waals surface area (Å²) in [6.07, 6.45) is -0.309. The molecule has 1 fully saturated rings. The Hall–Kier alpha value is -4.69. The van der Waals surface area contributed by atoms with Gasteiger partial charge in [0, 0.05) is 20.0 Å². The third kappa shape index (κ3) is 10.4. The van der Waals surface area contributed by atoms with Crippen LogP contribution >= 0.6 is 0 Å². The van der Waals surface area contributed by atoms with Crippen molar-refractivity contribution in [1.29, 1.82) is 0 Å². The van der Waals surface area contributed by atoms with E-state index in [2.05, 4.69) is 26.3 Å². The fourth-order valence-corrected chi connectivity index (χ4v) is 4.34. The maximum Gasteiger partial charge on any atom is 0.305 e. The molecule has 1 heterocycles. The summed E-state index contributed by atoms with van der Waals surface area (Å²) in [5.41, 5.74) is 11.4. The Kier molecular flexibility index (Phi) is 12.7. The summed E-state index contributed by atoms with van der Waals surface area (Å²) in [7, 11) is 1.40. The molecule has 0 radical (unpaired) electrons. The normalized spacial score (nSPS) is 22.7. The Morgan fingerprint density at radius 2 is 1.67 bits per heavy atom. The highest BCUT2D eigenvalue weighted by atomic mass is 16.4. The van der Waals surface area contributed by atoms with E-state index in [4.69, 9.17) is 11.5 Å². The largest absolute Gasteiger partial charge is 0.481 e. The Bertz CT molecular complexity index is 1170. The van der Waals surface area contributed by atoms with Crippen LogP contribution < -0.4 is 32.7 Å². The monoisotopic (exact) mass is 588 g/mol. The maximum atomic E-state index is 13.8. The molecular weight excluding hydrogens is 548 g/mol. The molecule has 5 amide bonds. The van der Waals surface area contributed by atoms with Crippen LogP contribution in [0.5, 0.6) is 0 Å². The first-order chi connectivity index (χ1) is 19.8. The van der Waals surface area contributed by atoms with Gasteiger partial charge in [0.15, 0.2) is 5.96 Å². The summed E-state index contributed by atoms with van der Waals surface area (Å²) >= 11 is 0. The number of aliphatic carboxylic acids is 1. The van der Waals surface area contributed by atoms with E-state index in [9.17, 15) is 33.9 Å². The molecule has 15 nitrogen and oxygen atoms in total. The number of nitrogens with one attached hydrogen (secondary N) is 4. The summed E-state index contributed by atoms with van der Waals surface area (Å²) in [5, 5.41) is 19.4. The van der Waals surface area contributed by atoms with E-state index in [0.717, 1.165) is 0 Å². The van der Waals surface area contributed by atoms with Gasteiger partial charge in [-0.3, -0.25) is 33.8 Å². The number of likely N-dealkylation sites (N-methyl/N-ethyl adjacent to an activating group) is 1. The summed E-state index contributed by atoms with van der Waals surface area (Å²) in [4.78, 5) is 82.8. The number of guanidine groups is 1. The standard InChI is InChI=1S/C27H40N8O7/c1-15(2)22-26(42)35(3)19(12-16-8-5-4-6-9-16)25(41)33-18(13-21(37)38)23(39)31-14-20(36)32-17(24(40)34-22)10-7-11-30-27(28)29/h4-6,8-9,15,17-19,22H,7,10-14H2,1-3H3,(H,31,39)(H,32,36)(H,33,41)(H,34,40)(H,37,38)(H4,28,29,30)/t17-,18-,19-,22-/m0/s1. The topological polar surface area (TPSA) is 238 Å². The summed E-state index contributed by atoms with van der Waals surface area (Å²) in [6, 6.07) is 3.94. The fraction of sp³-hybridized carbons (Fsp3) is 0.519. The van der Waals surface area contributed by atoms with Gasteiger partial charge in [-0.1, -0.05) is 44.2 Å². The number of rotatable bonds is 9. The lowest BCUT2D eigenvalue weighted by atomic mass is 9.98. The van der Waals surface area contributed by atoms with E-state index < -0.39 is 78.6 Å². The second-order valence-corrected chi connectivity index (χ2v) is 10.3. The van der Waals surface area contributed by atoms with Gasteiger partial charge in [-0.05, 0) is 24.3 Å². The molecule has 1 aliphatic rings. The smallest absolute Gasteiger partial charge is 0.305 e. The molecular formula is C27H40N8O7. The first-order valence-corrected chi connectivity index (χ1v) is 13.6. The van der Waals surface area contributed by atoms with E-state index in [-0.39, 0.29) is 25.3 Å². The number of hydrogen-bond acceptors (Lipinski definition) is 7. The lowest BCUT2D eigenvalue weighted by Crippen LogP contribution is -2.59. The van der Waals surface area contributed by atoms with E-state index >= 15 is 0 Å². The van der Waals surface area contributed by atoms with Gasteiger partial charge in [-0.15, -0.1) is 0 Å². The summed E-state index contributed by atoms with van der Waals surface area (Å²) < 4.78 is 0. The van der Waals surface area contributed by atoms with Crippen molar-refractivity contribution < 1.29 is 33.9 Å². The van der Waals surface area contributed by atoms with Crippen LogP contribution in [0.4, 0.5) is 0 Å². The van der Waals surface area contributed by atoms with Crippen molar-refractivity contribution in [3.05, 3.63) is 35.9 Å². The molecule has 42 heavy (non-hydrogen) atoms. The fourth-order valence-electron chi connectivity index (χ4n) is 4.34. The number of amides is 5. The van der Waals surface area contributed by atoms with E-state index in [1.807, 2.05) is 0 Å². The van der Waals surface area contributed by atoms with Crippen LogP contribution in [0.2, 0.25) is 0 Å². The predicted molar refractivity (Wildman–Crippen MR) is 153 cm³/mol. The lowest BCUT2D eigenvalue weighted by molar-refractivity contribution is -0.144. The number of nitrogens with zero attached hydrogens (tertiary/aromatic N) is 2. The minimum Gasteiger partial charge on any atom is -0.481 e. The number of carbonyl (C=O) groups excluding carboxylic acids is 5. The Labute approximate surface area is 243 Å². The molecule has 1 aromatic rings. The second kappa shape index (κ2) is 15.9. The highest BCUT2D eigenvalue weighted by Gasteiger charge is 2.37. The zero-order valence-electron chi connectivity index (χ0n) is 24.0. The minimum atomic E-state index is -1.54. The number of benzene rings is 1. The van der Waals surface area contributed by atoms with Crippen molar-refractivity contribution in [2.75, 3.05) is 20.1 Å². The van der Waals surface area contributed by atoms with Crippen molar-refractivity contribution in [2.24, 2.45) is 22.4 Å². The van der Waals surface area contributed by atoms with Crippen molar-refractivity contribution in [2.45, 2.75) is 63.7 Å². The van der Waals surface area contributed by atoms with Crippen LogP contribution in [-0.4, -0.2) is 95.8 Å². The second-order valence-electron chi connectivity index (χ2n) is 10.3. The third-order valence-corrected chi connectivity index (χ3v) is 6.65. The van der Waals surface area contributed by atoms with Crippen LogP contribution in [0, 0.1) is 5.92 Å². The Morgan fingerprint density at radius 1 is 1.00 bits per heavy atom. The Morgan fingerprint density at radius 3 is 2.26 bits per heavy atom. The van der Waals surface area contributed by atoms with Crippen molar-refractivity contribution in [3.8, 4) is 0 Å². The average molecular weight is 589 g/mol. The molecule has 4 atom stereocenters. The molecule has 1 saturated heterocycles. The van der Waals surface area contributed by atoms with Gasteiger partial charge in [-0.2, -0.15) is 0 Å². The predicted octanol–water partition coefficient (Wildman–Crippen LogP) is -2.18. The van der Waals surface area contributed by atoms with Gasteiger partial charge >= 0.3 is 5.97 Å². The van der Waals surface area contributed by atoms with Crippen molar-refractivity contribution >= 4 is 41.5 Å². The highest BCUT2D eigenvalue weighted by Crippen LogP contribution is 2.14. The van der Waals surface area contributed by atoms with Gasteiger partial charge in [0.1, 0.15) is 24.2 Å². The van der Waals surface area contributed by atoms with E-state index in [0.29, 0.717) is 12.0 Å². The number of carboxylic acids is 1. The number of carbonyl (C=O) groups is 6. The number of carboxylic acid groups (broad SMARTS) is 1. The van der Waals surface area contributed by atoms with Crippen LogP contribution in [-0.2, 0) is 35.2 Å². The molecule has 230 valence electrons. The van der Waals surface area contributed by atoms with Gasteiger partial charge in [0.05, 0.1) is 13.0 Å². The highest BCUT2D eigenvalue weighted by molar-refractivity contribution is 5.98. The minimum absolute atomic E-state index is 0.0442. The molecule has 0 aliphatic carbocycles. The molecule has 0 saturated carbocycles. The molecule has 9 N–H and O–H groups in total. The van der Waals surface area contributed by atoms with Crippen molar-refractivity contribution in [1.82, 2.24) is 26.2 Å². The van der Waals surface area contributed by atoms with Gasteiger partial charge in [0.2, 0.25) is 29.5 Å². The quantitative estimate of drug-likeness (QED) is 0.0942. The van der Waals surface area contributed by atoms with Crippen LogP contribution in [0.15, 0.2) is 35.3 Å². The lowest BCUT2D eigenvalue weighted by Gasteiger charge is -2.33. The third-order valence-electron chi connectivity index (χ3n) is 6.65. The van der Waals surface area contributed by atoms with E-state index in [1.165, 1.54) is 11.9 Å². The number of nitrogens with two attached hydrogens (primary N) is 2. The van der Waals surface area contributed by atoms with Crippen LogP contribution in [0.25, 0.3) is 0 Å². The van der Waals surface area contributed by atoms with Gasteiger partial charge in [0.25, 0.3) is 0 Å². The van der Waals surface area contributed by atoms with E-state index in [1.54, 1.807) is 44.2 Å². The zero-order valence-corrected chi connectivity index (χ0v) is 24.0. The zero-order chi connectivity index (χ0) is 31.4. The van der Waals surface area contributed by atoms with Crippen LogP contribution in [0.3, 0.4) is 0 Å². The average Bonchev–Trinajstić information content (AvgIpc) is 2.93. The molecule has 2 rings (SSSR count). The first-order valence-electron chi connectivity index (χ1n) is 13.6. The van der Waals surface area contributed by atoms with Gasteiger partial charge in [-0.25, -0.2) is 0 Å². The molecule has 1 aromatic carbocycles. The maximum absolute atomic E-state index is 13.8. The molecule has 0 bridgehead atoms. The first kappa shape index (κ1) is 33.5. The van der Waals surface area contributed by atoms with Crippen LogP contribution in [0.1, 0.15) is 38.7 Å². The SMILES string of the molecule is CC(C)[C@@H]1NC(=O)[C@H](CCCN=C(N)N)NC(=O)CNC(=O)[C@H](CC(=O)O)NC(=O)[C@H](Cc2ccccc2)N(C)C1=O. The Balaban J connectivity index is 2.50. The molecule has 0 unspecified atom stereocenters. The molecule has 1 aliphatic heterocycles. The van der Waals surface area contributed by atoms with Crippen molar-refractivity contribution in [3.63, 3.8) is 0 Å². The number of aliphatic imine (C=N–C) groups is 1. The van der Waals surface area contributed by atoms with Gasteiger partial charge < -0.3 is 42.7 Å². The summed E-state index contributed by atoms with van der Waals surface area (Å²) in [6.45, 7) is 3.02. The summed E-state index contributed by atoms with van der Waals surface area (Å²) in [5.74, 6) is -5.59. The molecule has 0 aromatic heterocycles.